The zero-order chi connectivity index (χ0) is 10.7. The van der Waals surface area contributed by atoms with Crippen molar-refractivity contribution in [1.82, 2.24) is 4.98 Å². The number of pyridine rings is 1. The van der Waals surface area contributed by atoms with Gasteiger partial charge in [-0.05, 0) is 12.5 Å². The lowest BCUT2D eigenvalue weighted by molar-refractivity contribution is 0.195. The van der Waals surface area contributed by atoms with Crippen molar-refractivity contribution in [2.45, 2.75) is 12.5 Å². The molecule has 0 bridgehead atoms. The third-order valence-electron chi connectivity index (χ3n) is 2.38. The number of thiocarbonyl (C=S) groups is 1. The van der Waals surface area contributed by atoms with E-state index in [2.05, 4.69) is 10.3 Å². The molecule has 1 aliphatic rings. The monoisotopic (exact) mass is 223 g/mol. The number of aromatic nitrogens is 1. The van der Waals surface area contributed by atoms with Gasteiger partial charge in [0.2, 0.25) is 0 Å². The molecule has 0 spiro atoms. The molecule has 1 aromatic rings. The lowest BCUT2D eigenvalue weighted by Crippen LogP contribution is -2.22. The quantitative estimate of drug-likeness (QED) is 0.746. The van der Waals surface area contributed by atoms with Crippen molar-refractivity contribution in [3.8, 4) is 0 Å². The van der Waals surface area contributed by atoms with E-state index in [1.807, 2.05) is 6.07 Å². The molecule has 2 heterocycles. The first-order chi connectivity index (χ1) is 7.27. The average molecular weight is 223 g/mol. The molecule has 4 nitrogen and oxygen atoms in total. The van der Waals surface area contributed by atoms with Crippen LogP contribution in [0.15, 0.2) is 18.5 Å². The third-order valence-corrected chi connectivity index (χ3v) is 2.60. The Bertz CT molecular complexity index is 363. The maximum absolute atomic E-state index is 5.62. The Kier molecular flexibility index (Phi) is 3.13. The summed E-state index contributed by atoms with van der Waals surface area (Å²) in [6.45, 7) is 1.53. The Labute approximate surface area is 93.8 Å². The van der Waals surface area contributed by atoms with Crippen molar-refractivity contribution in [2.24, 2.45) is 5.73 Å². The van der Waals surface area contributed by atoms with E-state index in [1.54, 1.807) is 12.4 Å². The second-order valence-corrected chi connectivity index (χ2v) is 3.93. The number of nitrogens with zero attached hydrogens (tertiary/aromatic N) is 1. The molecule has 1 aromatic heterocycles. The Morgan fingerprint density at radius 1 is 1.67 bits per heavy atom. The molecular weight excluding hydrogens is 210 g/mol. The van der Waals surface area contributed by atoms with Crippen molar-refractivity contribution in [1.29, 1.82) is 0 Å². The van der Waals surface area contributed by atoms with Crippen molar-refractivity contribution < 1.29 is 4.74 Å². The fourth-order valence-electron chi connectivity index (χ4n) is 1.59. The molecule has 1 saturated heterocycles. The van der Waals surface area contributed by atoms with E-state index in [4.69, 9.17) is 22.7 Å². The van der Waals surface area contributed by atoms with Gasteiger partial charge in [0, 0.05) is 18.4 Å². The fourth-order valence-corrected chi connectivity index (χ4v) is 1.77. The van der Waals surface area contributed by atoms with Crippen LogP contribution in [0.1, 0.15) is 12.0 Å². The predicted octanol–water partition coefficient (Wildman–Crippen LogP) is 0.917. The smallest absolute Gasteiger partial charge is 0.106 e. The molecule has 5 heteroatoms. The zero-order valence-corrected chi connectivity index (χ0v) is 9.09. The molecular formula is C10H13N3OS. The number of hydrogen-bond donors (Lipinski definition) is 2. The van der Waals surface area contributed by atoms with E-state index >= 15 is 0 Å². The first kappa shape index (κ1) is 10.3. The van der Waals surface area contributed by atoms with Crippen LogP contribution in [0.2, 0.25) is 0 Å². The topological polar surface area (TPSA) is 60.2 Å². The van der Waals surface area contributed by atoms with Crippen LogP contribution in [0.25, 0.3) is 0 Å². The average Bonchev–Trinajstić information content (AvgIpc) is 2.71. The van der Waals surface area contributed by atoms with Crippen LogP contribution in [0.4, 0.5) is 5.69 Å². The summed E-state index contributed by atoms with van der Waals surface area (Å²) < 4.78 is 5.28. The van der Waals surface area contributed by atoms with E-state index < -0.39 is 0 Å². The molecule has 15 heavy (non-hydrogen) atoms. The van der Waals surface area contributed by atoms with E-state index in [-0.39, 0.29) is 0 Å². The Balaban J connectivity index is 2.15. The molecule has 3 N–H and O–H groups in total. The second kappa shape index (κ2) is 4.55. The SMILES string of the molecule is NC(=S)c1ccncc1NC1CCOC1. The first-order valence-corrected chi connectivity index (χ1v) is 5.26. The van der Waals surface area contributed by atoms with Crippen LogP contribution in [0.5, 0.6) is 0 Å². The molecule has 2 rings (SSSR count). The van der Waals surface area contributed by atoms with Gasteiger partial charge in [-0.1, -0.05) is 12.2 Å². The van der Waals surface area contributed by atoms with Gasteiger partial charge < -0.3 is 15.8 Å². The van der Waals surface area contributed by atoms with Gasteiger partial charge in [-0.2, -0.15) is 0 Å². The largest absolute Gasteiger partial charge is 0.389 e. The minimum absolute atomic E-state index is 0.335. The van der Waals surface area contributed by atoms with E-state index in [9.17, 15) is 0 Å². The summed E-state index contributed by atoms with van der Waals surface area (Å²) in [5.74, 6) is 0. The molecule has 0 aromatic carbocycles. The first-order valence-electron chi connectivity index (χ1n) is 4.85. The molecule has 1 aliphatic heterocycles. The number of nitrogens with one attached hydrogen (secondary N) is 1. The summed E-state index contributed by atoms with van der Waals surface area (Å²) in [6, 6.07) is 2.16. The fraction of sp³-hybridized carbons (Fsp3) is 0.400. The minimum atomic E-state index is 0.335. The molecule has 1 atom stereocenters. The molecule has 1 fully saturated rings. The van der Waals surface area contributed by atoms with Gasteiger partial charge in [0.05, 0.1) is 24.5 Å². The highest BCUT2D eigenvalue weighted by Crippen LogP contribution is 2.17. The van der Waals surface area contributed by atoms with Crippen LogP contribution in [-0.4, -0.2) is 29.2 Å². The van der Waals surface area contributed by atoms with Crippen LogP contribution < -0.4 is 11.1 Å². The number of nitrogens with two attached hydrogens (primary N) is 1. The summed E-state index contributed by atoms with van der Waals surface area (Å²) in [4.78, 5) is 4.44. The van der Waals surface area contributed by atoms with Gasteiger partial charge in [-0.25, -0.2) is 0 Å². The Morgan fingerprint density at radius 2 is 2.53 bits per heavy atom. The van der Waals surface area contributed by atoms with E-state index in [1.165, 1.54) is 0 Å². The highest BCUT2D eigenvalue weighted by Gasteiger charge is 2.16. The number of anilines is 1. The van der Waals surface area contributed by atoms with Crippen LogP contribution in [0, 0.1) is 0 Å². The standard InChI is InChI=1S/C10H13N3OS/c11-10(15)8-1-3-12-5-9(8)13-7-2-4-14-6-7/h1,3,5,7,13H,2,4,6H2,(H2,11,15). The summed E-state index contributed by atoms with van der Waals surface area (Å²) in [5, 5.41) is 3.34. The Morgan fingerprint density at radius 3 is 3.20 bits per heavy atom. The predicted molar refractivity (Wildman–Crippen MR) is 63.0 cm³/mol. The maximum atomic E-state index is 5.62. The lowest BCUT2D eigenvalue weighted by atomic mass is 10.2. The summed E-state index contributed by atoms with van der Waals surface area (Å²) in [6.07, 6.45) is 4.43. The van der Waals surface area contributed by atoms with Gasteiger partial charge in [-0.3, -0.25) is 4.98 Å². The molecule has 1 unspecified atom stereocenters. The van der Waals surface area contributed by atoms with Gasteiger partial charge in [0.1, 0.15) is 4.99 Å². The summed E-state index contributed by atoms with van der Waals surface area (Å²) in [7, 11) is 0. The van der Waals surface area contributed by atoms with Gasteiger partial charge in [0.15, 0.2) is 0 Å². The van der Waals surface area contributed by atoms with Crippen molar-refractivity contribution in [3.63, 3.8) is 0 Å². The van der Waals surface area contributed by atoms with Gasteiger partial charge in [0.25, 0.3) is 0 Å². The van der Waals surface area contributed by atoms with Gasteiger partial charge in [-0.15, -0.1) is 0 Å². The number of hydrogen-bond acceptors (Lipinski definition) is 4. The van der Waals surface area contributed by atoms with Crippen LogP contribution >= 0.6 is 12.2 Å². The second-order valence-electron chi connectivity index (χ2n) is 3.49. The molecule has 0 saturated carbocycles. The van der Waals surface area contributed by atoms with E-state index in [0.717, 1.165) is 30.9 Å². The normalized spacial score (nSPS) is 20.1. The van der Waals surface area contributed by atoms with Gasteiger partial charge >= 0.3 is 0 Å². The van der Waals surface area contributed by atoms with Crippen molar-refractivity contribution in [3.05, 3.63) is 24.0 Å². The van der Waals surface area contributed by atoms with Crippen molar-refractivity contribution in [2.75, 3.05) is 18.5 Å². The van der Waals surface area contributed by atoms with E-state index in [0.29, 0.717) is 11.0 Å². The number of rotatable bonds is 3. The molecule has 80 valence electrons. The summed E-state index contributed by atoms with van der Waals surface area (Å²) >= 11 is 4.97. The molecule has 0 radical (unpaired) electrons. The maximum Gasteiger partial charge on any atom is 0.106 e. The van der Waals surface area contributed by atoms with Crippen molar-refractivity contribution >= 4 is 22.9 Å². The minimum Gasteiger partial charge on any atom is -0.389 e. The highest BCUT2D eigenvalue weighted by atomic mass is 32.1. The third kappa shape index (κ3) is 2.43. The van der Waals surface area contributed by atoms with Crippen LogP contribution in [0.3, 0.4) is 0 Å². The molecule has 0 aliphatic carbocycles. The highest BCUT2D eigenvalue weighted by molar-refractivity contribution is 7.80. The summed E-state index contributed by atoms with van der Waals surface area (Å²) in [5.41, 5.74) is 7.35. The lowest BCUT2D eigenvalue weighted by Gasteiger charge is -2.14. The number of ether oxygens (including phenoxy) is 1. The zero-order valence-electron chi connectivity index (χ0n) is 8.27. The van der Waals surface area contributed by atoms with Crippen LogP contribution in [-0.2, 0) is 4.74 Å². The molecule has 0 amide bonds. The Hall–Kier alpha value is -1.20.